The van der Waals surface area contributed by atoms with Gasteiger partial charge in [0, 0.05) is 18.6 Å². The smallest absolute Gasteiger partial charge is 0.255 e. The van der Waals surface area contributed by atoms with E-state index in [0.717, 1.165) is 16.9 Å². The van der Waals surface area contributed by atoms with Crippen molar-refractivity contribution in [3.05, 3.63) is 77.9 Å². The number of carbonyl (C=O) groups is 1. The number of carbonyl (C=O) groups excluding carboxylic acids is 1. The van der Waals surface area contributed by atoms with Gasteiger partial charge in [-0.05, 0) is 35.4 Å². The maximum absolute atomic E-state index is 12.4. The summed E-state index contributed by atoms with van der Waals surface area (Å²) < 4.78 is 5.18. The maximum atomic E-state index is 12.4. The summed E-state index contributed by atoms with van der Waals surface area (Å²) in [4.78, 5) is 16.4. The number of ether oxygens (including phenoxy) is 1. The van der Waals surface area contributed by atoms with Crippen molar-refractivity contribution in [2.24, 2.45) is 0 Å². The number of aromatic amines is 1. The summed E-state index contributed by atoms with van der Waals surface area (Å²) in [5.41, 5.74) is 2.38. The molecule has 0 bridgehead atoms. The molecule has 3 aromatic rings. The number of amides is 1. The van der Waals surface area contributed by atoms with Gasteiger partial charge in [-0.2, -0.15) is 5.10 Å². The first-order valence-electron chi connectivity index (χ1n) is 7.11. The number of aromatic nitrogens is 3. The number of hydrogen-bond donors (Lipinski definition) is 2. The van der Waals surface area contributed by atoms with Crippen LogP contribution in [0.2, 0.25) is 0 Å². The number of pyridine rings is 1. The van der Waals surface area contributed by atoms with Crippen LogP contribution in [0.15, 0.2) is 61.2 Å². The molecule has 0 unspecified atom stereocenters. The Morgan fingerprint density at radius 3 is 2.43 bits per heavy atom. The van der Waals surface area contributed by atoms with Crippen LogP contribution >= 0.6 is 0 Å². The van der Waals surface area contributed by atoms with Crippen LogP contribution in [0.5, 0.6) is 5.75 Å². The van der Waals surface area contributed by atoms with Gasteiger partial charge in [-0.15, -0.1) is 0 Å². The zero-order valence-corrected chi connectivity index (χ0v) is 12.6. The summed E-state index contributed by atoms with van der Waals surface area (Å²) in [6, 6.07) is 11.1. The molecule has 0 spiro atoms. The molecule has 0 fully saturated rings. The number of methoxy groups -OCH3 is 1. The molecule has 0 saturated carbocycles. The van der Waals surface area contributed by atoms with Crippen LogP contribution in [0.4, 0.5) is 0 Å². The zero-order chi connectivity index (χ0) is 16.1. The van der Waals surface area contributed by atoms with Gasteiger partial charge in [0.1, 0.15) is 5.75 Å². The Morgan fingerprint density at radius 2 is 1.83 bits per heavy atom. The van der Waals surface area contributed by atoms with E-state index in [2.05, 4.69) is 20.5 Å². The van der Waals surface area contributed by atoms with Crippen LogP contribution in [0.25, 0.3) is 0 Å². The van der Waals surface area contributed by atoms with E-state index in [0.29, 0.717) is 5.56 Å². The van der Waals surface area contributed by atoms with Gasteiger partial charge in [-0.1, -0.05) is 12.1 Å². The zero-order valence-electron chi connectivity index (χ0n) is 12.6. The Hall–Kier alpha value is -3.15. The van der Waals surface area contributed by atoms with Crippen molar-refractivity contribution in [2.45, 2.75) is 6.04 Å². The highest BCUT2D eigenvalue weighted by molar-refractivity contribution is 5.94. The lowest BCUT2D eigenvalue weighted by Gasteiger charge is -2.19. The largest absolute Gasteiger partial charge is 0.497 e. The first-order chi connectivity index (χ1) is 11.3. The first kappa shape index (κ1) is 14.8. The third kappa shape index (κ3) is 3.37. The second-order valence-corrected chi connectivity index (χ2v) is 4.95. The van der Waals surface area contributed by atoms with E-state index in [1.54, 1.807) is 25.7 Å². The van der Waals surface area contributed by atoms with Crippen molar-refractivity contribution in [3.8, 4) is 5.75 Å². The minimum Gasteiger partial charge on any atom is -0.497 e. The number of rotatable bonds is 5. The Kier molecular flexibility index (Phi) is 4.33. The second-order valence-electron chi connectivity index (χ2n) is 4.95. The highest BCUT2D eigenvalue weighted by atomic mass is 16.5. The molecular formula is C17H16N4O2. The van der Waals surface area contributed by atoms with Gasteiger partial charge < -0.3 is 10.1 Å². The third-order valence-electron chi connectivity index (χ3n) is 3.52. The summed E-state index contributed by atoms with van der Waals surface area (Å²) in [6.07, 6.45) is 6.46. The van der Waals surface area contributed by atoms with Crippen molar-refractivity contribution in [1.29, 1.82) is 0 Å². The van der Waals surface area contributed by atoms with E-state index in [9.17, 15) is 4.79 Å². The lowest BCUT2D eigenvalue weighted by molar-refractivity contribution is 0.0943. The molecule has 0 radical (unpaired) electrons. The van der Waals surface area contributed by atoms with Gasteiger partial charge in [0.15, 0.2) is 0 Å². The fourth-order valence-corrected chi connectivity index (χ4v) is 2.30. The van der Waals surface area contributed by atoms with Crippen molar-refractivity contribution in [2.75, 3.05) is 7.11 Å². The lowest BCUT2D eigenvalue weighted by Crippen LogP contribution is -2.29. The molecular weight excluding hydrogens is 292 g/mol. The average Bonchev–Trinajstić information content (AvgIpc) is 3.15. The van der Waals surface area contributed by atoms with Crippen molar-refractivity contribution >= 4 is 5.91 Å². The van der Waals surface area contributed by atoms with E-state index in [1.807, 2.05) is 36.4 Å². The minimum atomic E-state index is -0.286. The highest BCUT2D eigenvalue weighted by Crippen LogP contribution is 2.24. The van der Waals surface area contributed by atoms with Gasteiger partial charge in [-0.25, -0.2) is 0 Å². The molecule has 0 saturated heterocycles. The minimum absolute atomic E-state index is 0.198. The normalized spacial score (nSPS) is 11.7. The van der Waals surface area contributed by atoms with Crippen LogP contribution in [-0.4, -0.2) is 28.2 Å². The fourth-order valence-electron chi connectivity index (χ4n) is 2.30. The van der Waals surface area contributed by atoms with Crippen molar-refractivity contribution in [1.82, 2.24) is 20.5 Å². The molecule has 1 atom stereocenters. The van der Waals surface area contributed by atoms with Gasteiger partial charge in [0.05, 0.1) is 24.9 Å². The topological polar surface area (TPSA) is 79.9 Å². The summed E-state index contributed by atoms with van der Waals surface area (Å²) in [7, 11) is 1.62. The van der Waals surface area contributed by atoms with E-state index >= 15 is 0 Å². The number of nitrogens with one attached hydrogen (secondary N) is 2. The Morgan fingerprint density at radius 1 is 1.13 bits per heavy atom. The number of H-pyrrole nitrogens is 1. The lowest BCUT2D eigenvalue weighted by atomic mass is 9.99. The molecule has 1 aromatic carbocycles. The Bertz CT molecular complexity index is 755. The maximum Gasteiger partial charge on any atom is 0.255 e. The Labute approximate surface area is 133 Å². The van der Waals surface area contributed by atoms with E-state index in [4.69, 9.17) is 4.74 Å². The van der Waals surface area contributed by atoms with Crippen LogP contribution < -0.4 is 10.1 Å². The van der Waals surface area contributed by atoms with Gasteiger partial charge in [0.25, 0.3) is 5.91 Å². The quantitative estimate of drug-likeness (QED) is 0.758. The molecule has 116 valence electrons. The number of benzene rings is 1. The molecule has 2 aromatic heterocycles. The molecule has 0 aliphatic heterocycles. The van der Waals surface area contributed by atoms with E-state index < -0.39 is 0 Å². The average molecular weight is 308 g/mol. The van der Waals surface area contributed by atoms with E-state index in [1.165, 1.54) is 6.20 Å². The van der Waals surface area contributed by atoms with Crippen LogP contribution in [0, 0.1) is 0 Å². The molecule has 3 rings (SSSR count). The monoisotopic (exact) mass is 308 g/mol. The van der Waals surface area contributed by atoms with Crippen molar-refractivity contribution in [3.63, 3.8) is 0 Å². The molecule has 23 heavy (non-hydrogen) atoms. The standard InChI is InChI=1S/C17H16N4O2/c1-23-15-4-2-12(3-5-15)16(13-6-8-18-9-7-13)21-17(22)14-10-19-20-11-14/h2-11,16H,1H3,(H,19,20)(H,21,22)/t16-/m0/s1. The Balaban J connectivity index is 1.91. The SMILES string of the molecule is COc1ccc([C@H](NC(=O)c2cn[nH]c2)c2ccncc2)cc1. The summed E-state index contributed by atoms with van der Waals surface area (Å²) >= 11 is 0. The van der Waals surface area contributed by atoms with Gasteiger partial charge in [-0.3, -0.25) is 14.9 Å². The number of nitrogens with zero attached hydrogens (tertiary/aromatic N) is 2. The predicted molar refractivity (Wildman–Crippen MR) is 85.1 cm³/mol. The van der Waals surface area contributed by atoms with Crippen LogP contribution in [0.1, 0.15) is 27.5 Å². The summed E-state index contributed by atoms with van der Waals surface area (Å²) in [5, 5.41) is 9.47. The molecule has 6 nitrogen and oxygen atoms in total. The molecule has 2 N–H and O–H groups in total. The molecule has 6 heteroatoms. The fraction of sp³-hybridized carbons (Fsp3) is 0.118. The molecule has 0 aliphatic rings. The summed E-state index contributed by atoms with van der Waals surface area (Å²) in [5.74, 6) is 0.569. The van der Waals surface area contributed by atoms with Crippen LogP contribution in [0.3, 0.4) is 0 Å². The molecule has 2 heterocycles. The second kappa shape index (κ2) is 6.74. The van der Waals surface area contributed by atoms with Crippen LogP contribution in [-0.2, 0) is 0 Å². The van der Waals surface area contributed by atoms with E-state index in [-0.39, 0.29) is 11.9 Å². The van der Waals surface area contributed by atoms with Crippen molar-refractivity contribution < 1.29 is 9.53 Å². The first-order valence-corrected chi connectivity index (χ1v) is 7.11. The summed E-state index contributed by atoms with van der Waals surface area (Å²) in [6.45, 7) is 0. The third-order valence-corrected chi connectivity index (χ3v) is 3.52. The predicted octanol–water partition coefficient (Wildman–Crippen LogP) is 2.33. The molecule has 1 amide bonds. The van der Waals surface area contributed by atoms with Gasteiger partial charge >= 0.3 is 0 Å². The number of hydrogen-bond acceptors (Lipinski definition) is 4. The highest BCUT2D eigenvalue weighted by Gasteiger charge is 2.18. The van der Waals surface area contributed by atoms with Gasteiger partial charge in [0.2, 0.25) is 0 Å². The molecule has 0 aliphatic carbocycles.